The highest BCUT2D eigenvalue weighted by Crippen LogP contribution is 2.32. The summed E-state index contributed by atoms with van der Waals surface area (Å²) in [4.78, 5) is 28.7. The van der Waals surface area contributed by atoms with Gasteiger partial charge in [0.2, 0.25) is 5.91 Å². The van der Waals surface area contributed by atoms with Crippen molar-refractivity contribution in [1.29, 1.82) is 0 Å². The van der Waals surface area contributed by atoms with E-state index in [1.54, 1.807) is 0 Å². The highest BCUT2D eigenvalue weighted by Gasteiger charge is 2.29. The van der Waals surface area contributed by atoms with Crippen molar-refractivity contribution < 1.29 is 14.7 Å². The first-order valence-corrected chi connectivity index (χ1v) is 14.6. The number of carbonyl (C=O) groups excluding carboxylic acids is 2. The standard InChI is InChI=1S/C34H43N3O3/c1-4-11-26-18-29(21-30(19-26)37-23-28(16-17-33(37)39)27-14-9-6-10-15-27)34(40)36-31(32(38)22-35-24(2)3)20-25-12-7-5-8-13-25/h5-10,12-15,18-19,21,24,28,31-32,35,38H,4,11,16-17,20,22-23H2,1-3H3,(H,36,40)/t28?,31-,32-/m0/s1. The zero-order valence-corrected chi connectivity index (χ0v) is 24.0. The average Bonchev–Trinajstić information content (AvgIpc) is 2.96. The minimum Gasteiger partial charge on any atom is -0.390 e. The third-order valence-corrected chi connectivity index (χ3v) is 7.59. The Hall–Kier alpha value is -3.48. The number of aryl methyl sites for hydroxylation is 1. The summed E-state index contributed by atoms with van der Waals surface area (Å²) in [5.74, 6) is 0.0991. The quantitative estimate of drug-likeness (QED) is 0.293. The number of hydrogen-bond donors (Lipinski definition) is 3. The molecule has 3 N–H and O–H groups in total. The lowest BCUT2D eigenvalue weighted by molar-refractivity contribution is -0.119. The van der Waals surface area contributed by atoms with Gasteiger partial charge in [-0.25, -0.2) is 0 Å². The Kier molecular flexibility index (Phi) is 10.5. The van der Waals surface area contributed by atoms with E-state index in [4.69, 9.17) is 0 Å². The number of nitrogens with zero attached hydrogens (tertiary/aromatic N) is 1. The predicted octanol–water partition coefficient (Wildman–Crippen LogP) is 5.25. The third-order valence-electron chi connectivity index (χ3n) is 7.59. The van der Waals surface area contributed by atoms with Crippen molar-refractivity contribution in [2.75, 3.05) is 18.0 Å². The molecule has 1 heterocycles. The maximum absolute atomic E-state index is 13.7. The van der Waals surface area contributed by atoms with Crippen LogP contribution in [0.5, 0.6) is 0 Å². The molecule has 0 radical (unpaired) electrons. The molecule has 3 aromatic carbocycles. The number of benzene rings is 3. The first kappa shape index (κ1) is 29.5. The molecule has 0 saturated carbocycles. The van der Waals surface area contributed by atoms with Crippen LogP contribution < -0.4 is 15.5 Å². The van der Waals surface area contributed by atoms with Gasteiger partial charge in [-0.1, -0.05) is 87.9 Å². The summed E-state index contributed by atoms with van der Waals surface area (Å²) in [6.07, 6.45) is 2.80. The van der Waals surface area contributed by atoms with Crippen LogP contribution in [-0.2, 0) is 17.6 Å². The highest BCUT2D eigenvalue weighted by atomic mass is 16.3. The molecule has 1 fully saturated rings. The van der Waals surface area contributed by atoms with Gasteiger partial charge in [0.1, 0.15) is 0 Å². The molecule has 0 aliphatic carbocycles. The largest absolute Gasteiger partial charge is 0.390 e. The summed E-state index contributed by atoms with van der Waals surface area (Å²) in [6.45, 7) is 7.14. The fraction of sp³-hybridized carbons (Fsp3) is 0.412. The first-order chi connectivity index (χ1) is 19.3. The molecule has 1 aliphatic heterocycles. The van der Waals surface area contributed by atoms with Crippen LogP contribution >= 0.6 is 0 Å². The normalized spacial score (nSPS) is 17.1. The van der Waals surface area contributed by atoms with Gasteiger partial charge in [-0.05, 0) is 54.2 Å². The molecule has 0 spiro atoms. The molecule has 6 heteroatoms. The highest BCUT2D eigenvalue weighted by molar-refractivity contribution is 5.99. The summed E-state index contributed by atoms with van der Waals surface area (Å²) >= 11 is 0. The van der Waals surface area contributed by atoms with E-state index in [-0.39, 0.29) is 23.8 Å². The number of aliphatic hydroxyl groups excluding tert-OH is 1. The lowest BCUT2D eigenvalue weighted by Gasteiger charge is -2.33. The summed E-state index contributed by atoms with van der Waals surface area (Å²) in [5.41, 5.74) is 4.58. The van der Waals surface area contributed by atoms with Crippen LogP contribution in [0.3, 0.4) is 0 Å². The third kappa shape index (κ3) is 8.03. The zero-order chi connectivity index (χ0) is 28.5. The number of piperidine rings is 1. The number of rotatable bonds is 12. The minimum absolute atomic E-state index is 0.0873. The lowest BCUT2D eigenvalue weighted by atomic mass is 9.89. The Morgan fingerprint density at radius 1 is 1.00 bits per heavy atom. The Morgan fingerprint density at radius 3 is 2.38 bits per heavy atom. The second-order valence-electron chi connectivity index (χ2n) is 11.2. The van der Waals surface area contributed by atoms with Gasteiger partial charge < -0.3 is 20.6 Å². The number of anilines is 1. The molecule has 1 unspecified atom stereocenters. The molecule has 6 nitrogen and oxygen atoms in total. The number of amides is 2. The Balaban J connectivity index is 1.59. The number of carbonyl (C=O) groups is 2. The van der Waals surface area contributed by atoms with E-state index in [0.29, 0.717) is 31.5 Å². The smallest absolute Gasteiger partial charge is 0.251 e. The van der Waals surface area contributed by atoms with Gasteiger partial charge in [-0.3, -0.25) is 9.59 Å². The molecule has 0 bridgehead atoms. The molecule has 212 valence electrons. The van der Waals surface area contributed by atoms with Crippen molar-refractivity contribution in [2.45, 2.75) is 77.0 Å². The SMILES string of the molecule is CCCc1cc(C(=O)N[C@@H](Cc2ccccc2)[C@@H](O)CNC(C)C)cc(N2CC(c3ccccc3)CCC2=O)c1. The Bertz CT molecular complexity index is 1250. The predicted molar refractivity (Wildman–Crippen MR) is 162 cm³/mol. The van der Waals surface area contributed by atoms with Gasteiger partial charge in [0, 0.05) is 42.7 Å². The molecule has 4 rings (SSSR count). The number of nitrogens with one attached hydrogen (secondary N) is 2. The van der Waals surface area contributed by atoms with Crippen molar-refractivity contribution in [3.8, 4) is 0 Å². The zero-order valence-electron chi connectivity index (χ0n) is 24.0. The van der Waals surface area contributed by atoms with Crippen LogP contribution in [0.2, 0.25) is 0 Å². The minimum atomic E-state index is -0.764. The first-order valence-electron chi connectivity index (χ1n) is 14.6. The average molecular weight is 542 g/mol. The van der Waals surface area contributed by atoms with Gasteiger partial charge in [0.25, 0.3) is 5.91 Å². The molecule has 3 aromatic rings. The van der Waals surface area contributed by atoms with Gasteiger partial charge in [0.05, 0.1) is 12.1 Å². The Morgan fingerprint density at radius 2 is 1.70 bits per heavy atom. The second-order valence-corrected chi connectivity index (χ2v) is 11.2. The fourth-order valence-electron chi connectivity index (χ4n) is 5.39. The molecule has 1 saturated heterocycles. The van der Waals surface area contributed by atoms with E-state index in [0.717, 1.165) is 36.1 Å². The summed E-state index contributed by atoms with van der Waals surface area (Å²) in [5, 5.41) is 17.5. The van der Waals surface area contributed by atoms with E-state index < -0.39 is 12.1 Å². The van der Waals surface area contributed by atoms with Crippen LogP contribution in [0, 0.1) is 0 Å². The van der Waals surface area contributed by atoms with Gasteiger partial charge in [0.15, 0.2) is 0 Å². The van der Waals surface area contributed by atoms with Crippen molar-refractivity contribution >= 4 is 17.5 Å². The molecule has 0 aromatic heterocycles. The summed E-state index contributed by atoms with van der Waals surface area (Å²) in [6, 6.07) is 25.8. The van der Waals surface area contributed by atoms with Crippen LogP contribution in [0.25, 0.3) is 0 Å². The van der Waals surface area contributed by atoms with Gasteiger partial charge in [-0.15, -0.1) is 0 Å². The molecular formula is C34H43N3O3. The van der Waals surface area contributed by atoms with E-state index in [9.17, 15) is 14.7 Å². The van der Waals surface area contributed by atoms with E-state index in [2.05, 4.69) is 35.8 Å². The second kappa shape index (κ2) is 14.2. The number of aliphatic hydroxyl groups is 1. The van der Waals surface area contributed by atoms with Crippen LogP contribution in [0.1, 0.15) is 73.0 Å². The van der Waals surface area contributed by atoms with E-state index in [1.165, 1.54) is 5.56 Å². The summed E-state index contributed by atoms with van der Waals surface area (Å²) < 4.78 is 0. The van der Waals surface area contributed by atoms with Gasteiger partial charge in [-0.2, -0.15) is 0 Å². The van der Waals surface area contributed by atoms with Crippen molar-refractivity contribution in [1.82, 2.24) is 10.6 Å². The fourth-order valence-corrected chi connectivity index (χ4v) is 5.39. The molecule has 2 amide bonds. The van der Waals surface area contributed by atoms with Crippen LogP contribution in [0.15, 0.2) is 78.9 Å². The monoisotopic (exact) mass is 541 g/mol. The molecule has 3 atom stereocenters. The van der Waals surface area contributed by atoms with E-state index in [1.807, 2.05) is 79.4 Å². The topological polar surface area (TPSA) is 81.7 Å². The van der Waals surface area contributed by atoms with Crippen LogP contribution in [0.4, 0.5) is 5.69 Å². The summed E-state index contributed by atoms with van der Waals surface area (Å²) in [7, 11) is 0. The van der Waals surface area contributed by atoms with Gasteiger partial charge >= 0.3 is 0 Å². The maximum Gasteiger partial charge on any atom is 0.251 e. The maximum atomic E-state index is 13.7. The van der Waals surface area contributed by atoms with Crippen molar-refractivity contribution in [3.05, 3.63) is 101 Å². The molecule has 40 heavy (non-hydrogen) atoms. The Labute approximate surface area is 238 Å². The lowest BCUT2D eigenvalue weighted by Crippen LogP contribution is -2.49. The van der Waals surface area contributed by atoms with Crippen LogP contribution in [-0.4, -0.2) is 48.2 Å². The van der Waals surface area contributed by atoms with E-state index >= 15 is 0 Å². The molecule has 1 aliphatic rings. The molecular weight excluding hydrogens is 498 g/mol. The van der Waals surface area contributed by atoms with Crippen molar-refractivity contribution in [2.24, 2.45) is 0 Å². The van der Waals surface area contributed by atoms with Crippen molar-refractivity contribution in [3.63, 3.8) is 0 Å². The number of hydrogen-bond acceptors (Lipinski definition) is 4.